The van der Waals surface area contributed by atoms with Crippen molar-refractivity contribution in [2.45, 2.75) is 43.1 Å². The van der Waals surface area contributed by atoms with E-state index in [1.54, 1.807) is 0 Å². The summed E-state index contributed by atoms with van der Waals surface area (Å²) in [5, 5.41) is 14.4. The van der Waals surface area contributed by atoms with Crippen molar-refractivity contribution in [3.8, 4) is 11.1 Å². The molecule has 2 unspecified atom stereocenters. The SMILES string of the molecule is COC1(OC)CCC1NC(=O)C(CC(=O)O)NC(=O)OCC1c2ccccc2-c2ccccc21. The average molecular weight is 469 g/mol. The molecule has 1 fully saturated rings. The van der Waals surface area contributed by atoms with E-state index < -0.39 is 42.3 Å². The molecule has 0 aliphatic heterocycles. The standard InChI is InChI=1S/C25H28N2O7/c1-32-25(33-2)12-11-21(25)27-23(30)20(13-22(28)29)26-24(31)34-14-19-17-9-5-3-7-15(17)16-8-4-6-10-18(16)19/h3-10,19-21H,11-14H2,1-2H3,(H,26,31)(H,27,30)(H,28,29). The van der Waals surface area contributed by atoms with Crippen LogP contribution in [0.3, 0.4) is 0 Å². The van der Waals surface area contributed by atoms with E-state index in [0.717, 1.165) is 22.3 Å². The summed E-state index contributed by atoms with van der Waals surface area (Å²) in [4.78, 5) is 36.7. The van der Waals surface area contributed by atoms with Crippen LogP contribution in [0.1, 0.15) is 36.3 Å². The van der Waals surface area contributed by atoms with Crippen molar-refractivity contribution < 1.29 is 33.7 Å². The third-order valence-electron chi connectivity index (χ3n) is 6.65. The maximum absolute atomic E-state index is 12.8. The molecular formula is C25H28N2O7. The lowest BCUT2D eigenvalue weighted by Gasteiger charge is -2.47. The van der Waals surface area contributed by atoms with E-state index >= 15 is 0 Å². The van der Waals surface area contributed by atoms with Gasteiger partial charge in [0.15, 0.2) is 5.79 Å². The molecule has 2 atom stereocenters. The van der Waals surface area contributed by atoms with E-state index in [1.807, 2.05) is 48.5 Å². The fraction of sp³-hybridized carbons (Fsp3) is 0.400. The summed E-state index contributed by atoms with van der Waals surface area (Å²) in [5.41, 5.74) is 4.29. The van der Waals surface area contributed by atoms with E-state index in [4.69, 9.17) is 14.2 Å². The third-order valence-corrected chi connectivity index (χ3v) is 6.65. The van der Waals surface area contributed by atoms with Crippen LogP contribution in [-0.4, -0.2) is 61.8 Å². The number of rotatable bonds is 9. The lowest BCUT2D eigenvalue weighted by atomic mass is 9.84. The molecule has 0 saturated heterocycles. The van der Waals surface area contributed by atoms with Crippen LogP contribution in [0.4, 0.5) is 4.79 Å². The number of carboxylic acids is 1. The highest BCUT2D eigenvalue weighted by atomic mass is 16.7. The number of nitrogens with one attached hydrogen (secondary N) is 2. The molecule has 2 amide bonds. The Bertz CT molecular complexity index is 1030. The van der Waals surface area contributed by atoms with Crippen molar-refractivity contribution in [3.63, 3.8) is 0 Å². The molecule has 180 valence electrons. The number of methoxy groups -OCH3 is 2. The number of ether oxygens (including phenoxy) is 3. The molecule has 0 radical (unpaired) electrons. The summed E-state index contributed by atoms with van der Waals surface area (Å²) in [7, 11) is 2.96. The Labute approximate surface area is 197 Å². The fourth-order valence-electron chi connectivity index (χ4n) is 4.72. The first-order chi connectivity index (χ1) is 16.4. The predicted octanol–water partition coefficient (Wildman–Crippen LogP) is 2.64. The van der Waals surface area contributed by atoms with Crippen LogP contribution in [0, 0.1) is 0 Å². The number of fused-ring (bicyclic) bond motifs is 3. The second-order valence-electron chi connectivity index (χ2n) is 8.44. The van der Waals surface area contributed by atoms with Crippen LogP contribution in [-0.2, 0) is 23.8 Å². The molecule has 0 heterocycles. The van der Waals surface area contributed by atoms with Crippen LogP contribution in [0.2, 0.25) is 0 Å². The van der Waals surface area contributed by atoms with E-state index in [1.165, 1.54) is 14.2 Å². The summed E-state index contributed by atoms with van der Waals surface area (Å²) in [6.07, 6.45) is -0.246. The number of carbonyl (C=O) groups is 3. The highest BCUT2D eigenvalue weighted by Gasteiger charge is 2.49. The maximum Gasteiger partial charge on any atom is 0.407 e. The van der Waals surface area contributed by atoms with Crippen molar-refractivity contribution in [2.24, 2.45) is 0 Å². The zero-order valence-electron chi connectivity index (χ0n) is 19.1. The van der Waals surface area contributed by atoms with Gasteiger partial charge in [-0.15, -0.1) is 0 Å². The normalized spacial score (nSPS) is 18.7. The van der Waals surface area contributed by atoms with Gasteiger partial charge in [-0.2, -0.15) is 0 Å². The van der Waals surface area contributed by atoms with Crippen molar-refractivity contribution >= 4 is 18.0 Å². The van der Waals surface area contributed by atoms with Crippen molar-refractivity contribution in [1.82, 2.24) is 10.6 Å². The molecule has 2 aliphatic rings. The Kier molecular flexibility index (Phi) is 6.85. The maximum atomic E-state index is 12.8. The molecule has 0 spiro atoms. The molecule has 9 nitrogen and oxygen atoms in total. The van der Waals surface area contributed by atoms with Gasteiger partial charge in [-0.3, -0.25) is 9.59 Å². The van der Waals surface area contributed by atoms with Gasteiger partial charge < -0.3 is 30.0 Å². The van der Waals surface area contributed by atoms with Crippen molar-refractivity contribution in [1.29, 1.82) is 0 Å². The lowest BCUT2D eigenvalue weighted by Crippen LogP contribution is -2.64. The summed E-state index contributed by atoms with van der Waals surface area (Å²) in [6, 6.07) is 14.1. The topological polar surface area (TPSA) is 123 Å². The Balaban J connectivity index is 1.40. The van der Waals surface area contributed by atoms with Crippen molar-refractivity contribution in [3.05, 3.63) is 59.7 Å². The zero-order chi connectivity index (χ0) is 24.3. The monoisotopic (exact) mass is 468 g/mol. The highest BCUT2D eigenvalue weighted by Crippen LogP contribution is 2.44. The smallest absolute Gasteiger partial charge is 0.407 e. The molecule has 3 N–H and O–H groups in total. The molecule has 1 saturated carbocycles. The number of hydrogen-bond donors (Lipinski definition) is 3. The highest BCUT2D eigenvalue weighted by molar-refractivity contribution is 5.89. The number of aliphatic carboxylic acids is 1. The molecule has 34 heavy (non-hydrogen) atoms. The Hall–Kier alpha value is -3.43. The van der Waals surface area contributed by atoms with Crippen LogP contribution in [0.25, 0.3) is 11.1 Å². The van der Waals surface area contributed by atoms with Gasteiger partial charge in [0, 0.05) is 26.6 Å². The van der Waals surface area contributed by atoms with E-state index in [-0.39, 0.29) is 12.5 Å². The minimum absolute atomic E-state index is 0.0559. The second kappa shape index (κ2) is 9.82. The quantitative estimate of drug-likeness (QED) is 0.484. The number of carboxylic acid groups (broad SMARTS) is 1. The largest absolute Gasteiger partial charge is 0.481 e. The van der Waals surface area contributed by atoms with Crippen LogP contribution in [0.15, 0.2) is 48.5 Å². The van der Waals surface area contributed by atoms with Gasteiger partial charge >= 0.3 is 12.1 Å². The molecule has 4 rings (SSSR count). The van der Waals surface area contributed by atoms with Crippen LogP contribution < -0.4 is 10.6 Å². The molecule has 0 bridgehead atoms. The predicted molar refractivity (Wildman–Crippen MR) is 122 cm³/mol. The lowest BCUT2D eigenvalue weighted by molar-refractivity contribution is -0.267. The van der Waals surface area contributed by atoms with Gasteiger partial charge in [0.1, 0.15) is 12.6 Å². The summed E-state index contributed by atoms with van der Waals surface area (Å²) in [6.45, 7) is 0.0559. The first kappa shape index (κ1) is 23.7. The fourth-order valence-corrected chi connectivity index (χ4v) is 4.72. The summed E-state index contributed by atoms with van der Waals surface area (Å²) < 4.78 is 16.2. The number of alkyl carbamates (subject to hydrolysis) is 1. The van der Waals surface area contributed by atoms with E-state index in [2.05, 4.69) is 10.6 Å². The first-order valence-electron chi connectivity index (χ1n) is 11.1. The van der Waals surface area contributed by atoms with Gasteiger partial charge in [0.25, 0.3) is 0 Å². The number of carbonyl (C=O) groups excluding carboxylic acids is 2. The minimum atomic E-state index is -1.31. The first-order valence-corrected chi connectivity index (χ1v) is 11.1. The van der Waals surface area contributed by atoms with Crippen molar-refractivity contribution in [2.75, 3.05) is 20.8 Å². The average Bonchev–Trinajstić information content (AvgIpc) is 3.14. The van der Waals surface area contributed by atoms with Gasteiger partial charge in [0.2, 0.25) is 5.91 Å². The Morgan fingerprint density at radius 3 is 2.12 bits per heavy atom. The minimum Gasteiger partial charge on any atom is -0.481 e. The Morgan fingerprint density at radius 2 is 1.62 bits per heavy atom. The molecule has 2 aliphatic carbocycles. The van der Waals surface area contributed by atoms with Gasteiger partial charge in [0.05, 0.1) is 12.5 Å². The second-order valence-corrected chi connectivity index (χ2v) is 8.44. The molecule has 9 heteroatoms. The van der Waals surface area contributed by atoms with Crippen LogP contribution in [0.5, 0.6) is 0 Å². The van der Waals surface area contributed by atoms with Gasteiger partial charge in [-0.25, -0.2) is 4.79 Å². The molecule has 0 aromatic heterocycles. The van der Waals surface area contributed by atoms with Gasteiger partial charge in [-0.05, 0) is 28.7 Å². The molecule has 2 aromatic rings. The zero-order valence-corrected chi connectivity index (χ0v) is 19.1. The molecular weight excluding hydrogens is 440 g/mol. The Morgan fingerprint density at radius 1 is 1.03 bits per heavy atom. The van der Waals surface area contributed by atoms with Gasteiger partial charge in [-0.1, -0.05) is 48.5 Å². The summed E-state index contributed by atoms with van der Waals surface area (Å²) in [5.74, 6) is -2.96. The third kappa shape index (κ3) is 4.49. The number of benzene rings is 2. The number of hydrogen-bond acceptors (Lipinski definition) is 6. The van der Waals surface area contributed by atoms with Crippen LogP contribution >= 0.6 is 0 Å². The summed E-state index contributed by atoms with van der Waals surface area (Å²) >= 11 is 0. The van der Waals surface area contributed by atoms with E-state index in [0.29, 0.717) is 12.8 Å². The molecule has 2 aromatic carbocycles. The van der Waals surface area contributed by atoms with E-state index in [9.17, 15) is 19.5 Å². The number of amides is 2.